The Hall–Kier alpha value is -2.82. The van der Waals surface area contributed by atoms with Crippen LogP contribution in [0.2, 0.25) is 0 Å². The van der Waals surface area contributed by atoms with Crippen LogP contribution in [-0.2, 0) is 9.59 Å². The highest BCUT2D eigenvalue weighted by atomic mass is 16.5. The van der Waals surface area contributed by atoms with Gasteiger partial charge in [-0.15, -0.1) is 0 Å². The maximum atomic E-state index is 12.5. The first-order valence-electron chi connectivity index (χ1n) is 8.70. The number of hydrogen-bond acceptors (Lipinski definition) is 3. The Morgan fingerprint density at radius 3 is 2.12 bits per heavy atom. The van der Waals surface area contributed by atoms with Crippen LogP contribution in [0.3, 0.4) is 0 Å². The standard InChI is InChI=1S/C21H26N2O3/c1-6-26-19-9-7-18(8-10-19)23(17(5)24)13-20(25)22-21-15(3)11-14(2)12-16(21)4/h7-12H,6,13H2,1-5H3,(H,22,25). The van der Waals surface area contributed by atoms with Gasteiger partial charge in [-0.05, 0) is 63.1 Å². The zero-order valence-electron chi connectivity index (χ0n) is 16.1. The van der Waals surface area contributed by atoms with Crippen LogP contribution in [0, 0.1) is 20.8 Å². The number of nitrogens with zero attached hydrogens (tertiary/aromatic N) is 1. The van der Waals surface area contributed by atoms with E-state index in [4.69, 9.17) is 4.74 Å². The highest BCUT2D eigenvalue weighted by molar-refractivity contribution is 6.02. The van der Waals surface area contributed by atoms with Crippen LogP contribution < -0.4 is 15.0 Å². The van der Waals surface area contributed by atoms with Crippen molar-refractivity contribution in [2.75, 3.05) is 23.4 Å². The molecule has 0 unspecified atom stereocenters. The Kier molecular flexibility index (Phi) is 6.39. The Balaban J connectivity index is 2.15. The molecule has 5 nitrogen and oxygen atoms in total. The summed E-state index contributed by atoms with van der Waals surface area (Å²) in [4.78, 5) is 26.0. The van der Waals surface area contributed by atoms with E-state index >= 15 is 0 Å². The van der Waals surface area contributed by atoms with Gasteiger partial charge in [-0.2, -0.15) is 0 Å². The summed E-state index contributed by atoms with van der Waals surface area (Å²) in [6, 6.07) is 11.2. The molecular weight excluding hydrogens is 328 g/mol. The Bertz CT molecular complexity index is 774. The van der Waals surface area contributed by atoms with Gasteiger partial charge in [0.25, 0.3) is 0 Å². The van der Waals surface area contributed by atoms with Gasteiger partial charge >= 0.3 is 0 Å². The molecule has 0 saturated heterocycles. The predicted molar refractivity (Wildman–Crippen MR) is 105 cm³/mol. The molecule has 0 aliphatic rings. The SMILES string of the molecule is CCOc1ccc(N(CC(=O)Nc2c(C)cc(C)cc2C)C(C)=O)cc1. The molecular formula is C21H26N2O3. The summed E-state index contributed by atoms with van der Waals surface area (Å²) in [5.74, 6) is 0.306. The van der Waals surface area contributed by atoms with E-state index in [0.717, 1.165) is 28.1 Å². The van der Waals surface area contributed by atoms with E-state index in [9.17, 15) is 9.59 Å². The zero-order chi connectivity index (χ0) is 19.3. The second-order valence-electron chi connectivity index (χ2n) is 6.35. The summed E-state index contributed by atoms with van der Waals surface area (Å²) in [6.07, 6.45) is 0. The number of ether oxygens (including phenoxy) is 1. The first kappa shape index (κ1) is 19.5. The summed E-state index contributed by atoms with van der Waals surface area (Å²) in [5.41, 5.74) is 4.62. The molecule has 5 heteroatoms. The van der Waals surface area contributed by atoms with E-state index in [1.165, 1.54) is 11.8 Å². The molecule has 26 heavy (non-hydrogen) atoms. The average molecular weight is 354 g/mol. The number of anilines is 2. The van der Waals surface area contributed by atoms with E-state index in [-0.39, 0.29) is 18.4 Å². The van der Waals surface area contributed by atoms with Gasteiger partial charge < -0.3 is 15.0 Å². The van der Waals surface area contributed by atoms with Crippen molar-refractivity contribution in [1.82, 2.24) is 0 Å². The minimum absolute atomic E-state index is 0.0456. The predicted octanol–water partition coefficient (Wildman–Crippen LogP) is 4.00. The van der Waals surface area contributed by atoms with Crippen molar-refractivity contribution in [3.05, 3.63) is 53.1 Å². The van der Waals surface area contributed by atoms with Gasteiger partial charge in [0.2, 0.25) is 11.8 Å². The lowest BCUT2D eigenvalue weighted by molar-refractivity contribution is -0.120. The highest BCUT2D eigenvalue weighted by Gasteiger charge is 2.17. The Morgan fingerprint density at radius 2 is 1.62 bits per heavy atom. The van der Waals surface area contributed by atoms with E-state index < -0.39 is 0 Å². The fraction of sp³-hybridized carbons (Fsp3) is 0.333. The number of benzene rings is 2. The molecule has 2 amide bonds. The van der Waals surface area contributed by atoms with Crippen molar-refractivity contribution in [2.24, 2.45) is 0 Å². The van der Waals surface area contributed by atoms with Crippen molar-refractivity contribution in [2.45, 2.75) is 34.6 Å². The number of carbonyl (C=O) groups is 2. The molecule has 2 aromatic rings. The molecule has 0 fully saturated rings. The third-order valence-corrected chi connectivity index (χ3v) is 4.08. The number of carbonyl (C=O) groups excluding carboxylic acids is 2. The van der Waals surface area contributed by atoms with E-state index in [2.05, 4.69) is 5.32 Å². The van der Waals surface area contributed by atoms with Crippen LogP contribution in [0.5, 0.6) is 5.75 Å². The second kappa shape index (κ2) is 8.52. The smallest absolute Gasteiger partial charge is 0.244 e. The molecule has 0 radical (unpaired) electrons. The fourth-order valence-corrected chi connectivity index (χ4v) is 2.97. The van der Waals surface area contributed by atoms with E-state index in [1.807, 2.05) is 39.8 Å². The second-order valence-corrected chi connectivity index (χ2v) is 6.35. The zero-order valence-corrected chi connectivity index (χ0v) is 16.1. The van der Waals surface area contributed by atoms with Gasteiger partial charge in [0, 0.05) is 18.3 Å². The molecule has 0 bridgehead atoms. The van der Waals surface area contributed by atoms with Crippen LogP contribution in [0.15, 0.2) is 36.4 Å². The topological polar surface area (TPSA) is 58.6 Å². The van der Waals surface area contributed by atoms with Crippen molar-refractivity contribution >= 4 is 23.2 Å². The van der Waals surface area contributed by atoms with Gasteiger partial charge in [0.1, 0.15) is 12.3 Å². The fourth-order valence-electron chi connectivity index (χ4n) is 2.97. The summed E-state index contributed by atoms with van der Waals surface area (Å²) in [5, 5.41) is 2.93. The quantitative estimate of drug-likeness (QED) is 0.853. The maximum absolute atomic E-state index is 12.5. The average Bonchev–Trinajstić information content (AvgIpc) is 2.57. The lowest BCUT2D eigenvalue weighted by atomic mass is 10.1. The summed E-state index contributed by atoms with van der Waals surface area (Å²) >= 11 is 0. The molecule has 0 heterocycles. The van der Waals surface area contributed by atoms with Gasteiger partial charge in [0.15, 0.2) is 0 Å². The highest BCUT2D eigenvalue weighted by Crippen LogP contribution is 2.23. The molecule has 2 rings (SSSR count). The normalized spacial score (nSPS) is 10.3. The first-order chi connectivity index (χ1) is 12.3. The van der Waals surface area contributed by atoms with Gasteiger partial charge in [-0.3, -0.25) is 9.59 Å². The molecule has 0 aromatic heterocycles. The van der Waals surface area contributed by atoms with Crippen molar-refractivity contribution in [3.63, 3.8) is 0 Å². The van der Waals surface area contributed by atoms with Crippen molar-refractivity contribution in [3.8, 4) is 5.75 Å². The number of amides is 2. The lowest BCUT2D eigenvalue weighted by Gasteiger charge is -2.22. The number of aryl methyl sites for hydroxylation is 3. The molecule has 138 valence electrons. The van der Waals surface area contributed by atoms with Crippen LogP contribution >= 0.6 is 0 Å². The molecule has 1 N–H and O–H groups in total. The Morgan fingerprint density at radius 1 is 1.04 bits per heavy atom. The largest absolute Gasteiger partial charge is 0.494 e. The molecule has 0 saturated carbocycles. The molecule has 0 aliphatic heterocycles. The lowest BCUT2D eigenvalue weighted by Crippen LogP contribution is -2.36. The summed E-state index contributed by atoms with van der Waals surface area (Å²) < 4.78 is 5.41. The van der Waals surface area contributed by atoms with E-state index in [0.29, 0.717) is 12.3 Å². The minimum Gasteiger partial charge on any atom is -0.494 e. The summed E-state index contributed by atoms with van der Waals surface area (Å²) in [6.45, 7) is 9.84. The minimum atomic E-state index is -0.232. The maximum Gasteiger partial charge on any atom is 0.244 e. The Labute approximate surface area is 155 Å². The van der Waals surface area contributed by atoms with E-state index in [1.54, 1.807) is 24.3 Å². The van der Waals surface area contributed by atoms with Crippen molar-refractivity contribution in [1.29, 1.82) is 0 Å². The molecule has 2 aromatic carbocycles. The summed E-state index contributed by atoms with van der Waals surface area (Å²) in [7, 11) is 0. The van der Waals surface area contributed by atoms with Gasteiger partial charge in [0.05, 0.1) is 6.61 Å². The number of hydrogen-bond donors (Lipinski definition) is 1. The van der Waals surface area contributed by atoms with Crippen molar-refractivity contribution < 1.29 is 14.3 Å². The first-order valence-corrected chi connectivity index (χ1v) is 8.70. The third kappa shape index (κ3) is 4.85. The van der Waals surface area contributed by atoms with Crippen LogP contribution in [0.1, 0.15) is 30.5 Å². The molecule has 0 spiro atoms. The van der Waals surface area contributed by atoms with Gasteiger partial charge in [-0.1, -0.05) is 17.7 Å². The molecule has 0 atom stereocenters. The number of nitrogens with one attached hydrogen (secondary N) is 1. The van der Waals surface area contributed by atoms with Crippen LogP contribution in [-0.4, -0.2) is 25.0 Å². The molecule has 0 aliphatic carbocycles. The third-order valence-electron chi connectivity index (χ3n) is 4.08. The van der Waals surface area contributed by atoms with Crippen LogP contribution in [0.4, 0.5) is 11.4 Å². The monoisotopic (exact) mass is 354 g/mol. The number of rotatable bonds is 6. The van der Waals surface area contributed by atoms with Crippen LogP contribution in [0.25, 0.3) is 0 Å². The van der Waals surface area contributed by atoms with Gasteiger partial charge in [-0.25, -0.2) is 0 Å².